The fourth-order valence-electron chi connectivity index (χ4n) is 1.31. The highest BCUT2D eigenvalue weighted by Crippen LogP contribution is 2.12. The molecule has 1 amide bonds. The second-order valence-electron chi connectivity index (χ2n) is 3.41. The van der Waals surface area contributed by atoms with Crippen LogP contribution in [0.5, 0.6) is 0 Å². The summed E-state index contributed by atoms with van der Waals surface area (Å²) in [5.41, 5.74) is 6.40. The van der Waals surface area contributed by atoms with Gasteiger partial charge in [0, 0.05) is 25.1 Å². The number of hydrogen-bond donors (Lipinski definition) is 1. The quantitative estimate of drug-likeness (QED) is 0.820. The third kappa shape index (κ3) is 2.36. The number of nitrogens with zero attached hydrogens (tertiary/aromatic N) is 4. The Bertz CT molecular complexity index is 511. The van der Waals surface area contributed by atoms with Crippen LogP contribution in [-0.2, 0) is 0 Å². The van der Waals surface area contributed by atoms with Gasteiger partial charge in [-0.3, -0.25) is 9.78 Å². The Morgan fingerprint density at radius 2 is 1.88 bits per heavy atom. The monoisotopic (exact) mass is 229 g/mol. The lowest BCUT2D eigenvalue weighted by Gasteiger charge is -2.15. The van der Waals surface area contributed by atoms with Gasteiger partial charge in [-0.05, 0) is 24.3 Å². The molecule has 2 rings (SSSR count). The largest absolute Gasteiger partial charge is 0.382 e. The minimum Gasteiger partial charge on any atom is -0.382 e. The summed E-state index contributed by atoms with van der Waals surface area (Å²) < 4.78 is 0. The number of carbonyl (C=O) groups excluding carboxylic acids is 1. The van der Waals surface area contributed by atoms with Crippen LogP contribution in [0.25, 0.3) is 0 Å². The summed E-state index contributed by atoms with van der Waals surface area (Å²) in [7, 11) is 1.66. The van der Waals surface area contributed by atoms with Crippen molar-refractivity contribution in [3.63, 3.8) is 0 Å². The zero-order valence-electron chi connectivity index (χ0n) is 9.24. The Hall–Kier alpha value is -2.50. The van der Waals surface area contributed by atoms with Gasteiger partial charge in [0.15, 0.2) is 5.69 Å². The molecule has 0 unspecified atom stereocenters. The molecule has 0 aliphatic rings. The van der Waals surface area contributed by atoms with Gasteiger partial charge >= 0.3 is 0 Å². The van der Waals surface area contributed by atoms with E-state index in [1.807, 2.05) is 0 Å². The predicted molar refractivity (Wildman–Crippen MR) is 63.4 cm³/mol. The van der Waals surface area contributed by atoms with Gasteiger partial charge in [-0.15, -0.1) is 10.2 Å². The smallest absolute Gasteiger partial charge is 0.278 e. The molecule has 0 aromatic carbocycles. The summed E-state index contributed by atoms with van der Waals surface area (Å²) in [5.74, 6) is 0.0387. The van der Waals surface area contributed by atoms with Crippen LogP contribution < -0.4 is 10.6 Å². The SMILES string of the molecule is CN(C(=O)c1ccc(N)nn1)c1ccncc1. The molecule has 0 aliphatic carbocycles. The molecule has 6 heteroatoms. The Morgan fingerprint density at radius 3 is 2.47 bits per heavy atom. The van der Waals surface area contributed by atoms with Crippen LogP contribution in [-0.4, -0.2) is 28.1 Å². The number of amides is 1. The van der Waals surface area contributed by atoms with Gasteiger partial charge in [0.25, 0.3) is 5.91 Å². The summed E-state index contributed by atoms with van der Waals surface area (Å²) in [5, 5.41) is 7.39. The maximum Gasteiger partial charge on any atom is 0.278 e. The number of aromatic nitrogens is 3. The van der Waals surface area contributed by atoms with Crippen molar-refractivity contribution in [2.45, 2.75) is 0 Å². The zero-order valence-corrected chi connectivity index (χ0v) is 9.24. The Labute approximate surface area is 98.1 Å². The molecule has 2 aromatic rings. The molecule has 0 fully saturated rings. The van der Waals surface area contributed by atoms with E-state index in [1.165, 1.54) is 4.90 Å². The van der Waals surface area contributed by atoms with Crippen molar-refractivity contribution < 1.29 is 4.79 Å². The van der Waals surface area contributed by atoms with Gasteiger partial charge in [-0.1, -0.05) is 0 Å². The zero-order chi connectivity index (χ0) is 12.3. The third-order valence-corrected chi connectivity index (χ3v) is 2.26. The second-order valence-corrected chi connectivity index (χ2v) is 3.41. The summed E-state index contributed by atoms with van der Waals surface area (Å²) in [6.45, 7) is 0. The van der Waals surface area contributed by atoms with Crippen LogP contribution in [0.4, 0.5) is 11.5 Å². The standard InChI is InChI=1S/C11H11N5O/c1-16(8-4-6-13-7-5-8)11(17)9-2-3-10(12)15-14-9/h2-7H,1H3,(H2,12,15). The van der Waals surface area contributed by atoms with Crippen LogP contribution >= 0.6 is 0 Å². The van der Waals surface area contributed by atoms with Gasteiger partial charge in [0.2, 0.25) is 0 Å². The molecule has 17 heavy (non-hydrogen) atoms. The van der Waals surface area contributed by atoms with Gasteiger partial charge in [-0.25, -0.2) is 0 Å². The van der Waals surface area contributed by atoms with E-state index in [9.17, 15) is 4.79 Å². The number of nitrogen functional groups attached to an aromatic ring is 1. The highest BCUT2D eigenvalue weighted by atomic mass is 16.2. The van der Waals surface area contributed by atoms with E-state index < -0.39 is 0 Å². The fourth-order valence-corrected chi connectivity index (χ4v) is 1.31. The summed E-state index contributed by atoms with van der Waals surface area (Å²) in [6.07, 6.45) is 3.24. The molecule has 2 N–H and O–H groups in total. The molecular formula is C11H11N5O. The normalized spacial score (nSPS) is 9.94. The topological polar surface area (TPSA) is 85.0 Å². The van der Waals surface area contributed by atoms with Crippen molar-refractivity contribution in [3.8, 4) is 0 Å². The van der Waals surface area contributed by atoms with Crippen LogP contribution in [0.2, 0.25) is 0 Å². The molecule has 0 saturated heterocycles. The van der Waals surface area contributed by atoms with E-state index in [0.29, 0.717) is 0 Å². The van der Waals surface area contributed by atoms with E-state index in [0.717, 1.165) is 5.69 Å². The van der Waals surface area contributed by atoms with Crippen molar-refractivity contribution >= 4 is 17.4 Å². The van der Waals surface area contributed by atoms with Crippen molar-refractivity contribution in [1.29, 1.82) is 0 Å². The van der Waals surface area contributed by atoms with E-state index in [4.69, 9.17) is 5.73 Å². The molecule has 86 valence electrons. The number of nitrogens with two attached hydrogens (primary N) is 1. The molecule has 0 bridgehead atoms. The minimum atomic E-state index is -0.247. The highest BCUT2D eigenvalue weighted by molar-refractivity contribution is 6.04. The molecule has 6 nitrogen and oxygen atoms in total. The summed E-state index contributed by atoms with van der Waals surface area (Å²) in [4.78, 5) is 17.4. The lowest BCUT2D eigenvalue weighted by Crippen LogP contribution is -2.27. The first-order valence-electron chi connectivity index (χ1n) is 4.96. The van der Waals surface area contributed by atoms with Gasteiger partial charge < -0.3 is 10.6 Å². The first-order chi connectivity index (χ1) is 8.18. The third-order valence-electron chi connectivity index (χ3n) is 2.26. The van der Waals surface area contributed by atoms with Crippen molar-refractivity contribution in [2.75, 3.05) is 17.7 Å². The molecule has 0 radical (unpaired) electrons. The number of anilines is 2. The minimum absolute atomic E-state index is 0.247. The van der Waals surface area contributed by atoms with Crippen LogP contribution in [0, 0.1) is 0 Å². The maximum absolute atomic E-state index is 12.0. The Balaban J connectivity index is 2.23. The van der Waals surface area contributed by atoms with Crippen molar-refractivity contribution in [2.24, 2.45) is 0 Å². The lowest BCUT2D eigenvalue weighted by molar-refractivity contribution is 0.0987. The van der Waals surface area contributed by atoms with Gasteiger partial charge in [0.1, 0.15) is 5.82 Å². The number of rotatable bonds is 2. The molecule has 0 saturated carbocycles. The van der Waals surface area contributed by atoms with Gasteiger partial charge in [-0.2, -0.15) is 0 Å². The summed E-state index contributed by atoms with van der Waals surface area (Å²) in [6, 6.07) is 6.56. The maximum atomic E-state index is 12.0. The van der Waals surface area contributed by atoms with E-state index in [1.54, 1.807) is 43.7 Å². The average molecular weight is 229 g/mol. The molecule has 0 spiro atoms. The van der Waals surface area contributed by atoms with Crippen molar-refractivity contribution in [1.82, 2.24) is 15.2 Å². The van der Waals surface area contributed by atoms with Crippen LogP contribution in [0.1, 0.15) is 10.5 Å². The molecule has 0 aliphatic heterocycles. The fraction of sp³-hybridized carbons (Fsp3) is 0.0909. The Morgan fingerprint density at radius 1 is 1.18 bits per heavy atom. The number of carbonyl (C=O) groups is 1. The van der Waals surface area contributed by atoms with E-state index in [2.05, 4.69) is 15.2 Å². The number of hydrogen-bond acceptors (Lipinski definition) is 5. The van der Waals surface area contributed by atoms with Crippen LogP contribution in [0.15, 0.2) is 36.7 Å². The molecule has 0 atom stereocenters. The van der Waals surface area contributed by atoms with Crippen molar-refractivity contribution in [3.05, 3.63) is 42.4 Å². The first kappa shape index (κ1) is 11.0. The van der Waals surface area contributed by atoms with Crippen LogP contribution in [0.3, 0.4) is 0 Å². The average Bonchev–Trinajstić information content (AvgIpc) is 2.39. The van der Waals surface area contributed by atoms with E-state index in [-0.39, 0.29) is 17.4 Å². The predicted octanol–water partition coefficient (Wildman–Crippen LogP) is 0.730. The molecule has 2 aromatic heterocycles. The lowest BCUT2D eigenvalue weighted by atomic mass is 10.3. The number of pyridine rings is 1. The first-order valence-corrected chi connectivity index (χ1v) is 4.96. The van der Waals surface area contributed by atoms with E-state index >= 15 is 0 Å². The highest BCUT2D eigenvalue weighted by Gasteiger charge is 2.14. The molecular weight excluding hydrogens is 218 g/mol. The van der Waals surface area contributed by atoms with Gasteiger partial charge in [0.05, 0.1) is 0 Å². The Kier molecular flexibility index (Phi) is 2.95. The molecule has 2 heterocycles. The summed E-state index contributed by atoms with van der Waals surface area (Å²) >= 11 is 0. The second kappa shape index (κ2) is 4.56.